The number of amides is 1. The van der Waals surface area contributed by atoms with Gasteiger partial charge in [-0.25, -0.2) is 0 Å². The van der Waals surface area contributed by atoms with E-state index in [4.69, 9.17) is 0 Å². The minimum absolute atomic E-state index is 0.175. The van der Waals surface area contributed by atoms with Crippen molar-refractivity contribution in [3.8, 4) is 0 Å². The molecule has 1 amide bonds. The van der Waals surface area contributed by atoms with Gasteiger partial charge in [0.25, 0.3) is 0 Å². The number of nitrogens with one attached hydrogen (secondary N) is 2. The fourth-order valence-corrected chi connectivity index (χ4v) is 2.76. The second-order valence-corrected chi connectivity index (χ2v) is 5.76. The van der Waals surface area contributed by atoms with Crippen LogP contribution >= 0.6 is 0 Å². The van der Waals surface area contributed by atoms with Gasteiger partial charge in [-0.15, -0.1) is 0 Å². The highest BCUT2D eigenvalue weighted by atomic mass is 16.1. The molecular formula is C14H26N2O. The molecule has 3 nitrogen and oxygen atoms in total. The van der Waals surface area contributed by atoms with E-state index in [0.29, 0.717) is 24.5 Å². The smallest absolute Gasteiger partial charge is 0.234 e. The van der Waals surface area contributed by atoms with Crippen molar-refractivity contribution in [1.29, 1.82) is 0 Å². The summed E-state index contributed by atoms with van der Waals surface area (Å²) in [6.45, 7) is 2.67. The molecule has 2 aliphatic rings. The first-order chi connectivity index (χ1) is 8.25. The molecule has 17 heavy (non-hydrogen) atoms. The third kappa shape index (κ3) is 4.66. The zero-order valence-electron chi connectivity index (χ0n) is 11.0. The molecular weight excluding hydrogens is 212 g/mol. The minimum Gasteiger partial charge on any atom is -0.352 e. The lowest BCUT2D eigenvalue weighted by molar-refractivity contribution is -0.121. The molecule has 0 aromatic heterocycles. The molecule has 0 radical (unpaired) electrons. The van der Waals surface area contributed by atoms with Gasteiger partial charge in [0.15, 0.2) is 0 Å². The van der Waals surface area contributed by atoms with Crippen LogP contribution < -0.4 is 10.6 Å². The van der Waals surface area contributed by atoms with Gasteiger partial charge in [0, 0.05) is 12.1 Å². The van der Waals surface area contributed by atoms with Gasteiger partial charge < -0.3 is 10.6 Å². The molecule has 98 valence electrons. The van der Waals surface area contributed by atoms with Crippen molar-refractivity contribution in [2.75, 3.05) is 6.54 Å². The van der Waals surface area contributed by atoms with E-state index in [0.717, 1.165) is 0 Å². The molecule has 2 fully saturated rings. The quantitative estimate of drug-likeness (QED) is 0.721. The van der Waals surface area contributed by atoms with E-state index in [1.54, 1.807) is 0 Å². The first-order valence-corrected chi connectivity index (χ1v) is 7.28. The highest BCUT2D eigenvalue weighted by Gasteiger charge is 2.23. The molecule has 0 bridgehead atoms. The van der Waals surface area contributed by atoms with Crippen molar-refractivity contribution >= 4 is 5.91 Å². The predicted molar refractivity (Wildman–Crippen MR) is 69.8 cm³/mol. The second kappa shape index (κ2) is 6.39. The van der Waals surface area contributed by atoms with Crippen molar-refractivity contribution < 1.29 is 4.79 Å². The third-order valence-electron chi connectivity index (χ3n) is 4.12. The van der Waals surface area contributed by atoms with Crippen molar-refractivity contribution in [3.05, 3.63) is 0 Å². The lowest BCUT2D eigenvalue weighted by atomic mass is 9.93. The van der Waals surface area contributed by atoms with E-state index in [-0.39, 0.29) is 5.91 Å². The van der Waals surface area contributed by atoms with Crippen LogP contribution in [-0.4, -0.2) is 24.5 Å². The number of hydrogen-bond donors (Lipinski definition) is 2. The minimum atomic E-state index is 0.175. The Morgan fingerprint density at radius 1 is 1.12 bits per heavy atom. The van der Waals surface area contributed by atoms with Gasteiger partial charge in [-0.05, 0) is 38.5 Å². The molecule has 3 heteroatoms. The Labute approximate surface area is 105 Å². The molecule has 0 unspecified atom stereocenters. The lowest BCUT2D eigenvalue weighted by Gasteiger charge is -2.23. The van der Waals surface area contributed by atoms with Gasteiger partial charge in [0.2, 0.25) is 5.91 Å². The van der Waals surface area contributed by atoms with E-state index in [1.165, 1.54) is 51.4 Å². The molecule has 1 atom stereocenters. The van der Waals surface area contributed by atoms with Gasteiger partial charge in [-0.1, -0.05) is 25.7 Å². The van der Waals surface area contributed by atoms with Crippen molar-refractivity contribution in [2.45, 2.75) is 70.4 Å². The standard InChI is InChI=1S/C14H26N2O/c1-11(12-6-4-2-3-5-7-12)16-14(17)10-15-13-8-9-13/h11-13,15H,2-10H2,1H3,(H,16,17)/t11-/m1/s1. The van der Waals surface area contributed by atoms with E-state index >= 15 is 0 Å². The Morgan fingerprint density at radius 3 is 2.35 bits per heavy atom. The van der Waals surface area contributed by atoms with Crippen LogP contribution in [0.5, 0.6) is 0 Å². The molecule has 0 aromatic carbocycles. The summed E-state index contributed by atoms with van der Waals surface area (Å²) < 4.78 is 0. The number of hydrogen-bond acceptors (Lipinski definition) is 2. The fraction of sp³-hybridized carbons (Fsp3) is 0.929. The first-order valence-electron chi connectivity index (χ1n) is 7.28. The van der Waals surface area contributed by atoms with Crippen LogP contribution in [0.2, 0.25) is 0 Å². The highest BCUT2D eigenvalue weighted by Crippen LogP contribution is 2.25. The average molecular weight is 238 g/mol. The predicted octanol–water partition coefficient (Wildman–Crippen LogP) is 2.21. The Kier molecular flexibility index (Phi) is 4.84. The van der Waals surface area contributed by atoms with E-state index in [1.807, 2.05) is 0 Å². The Morgan fingerprint density at radius 2 is 1.76 bits per heavy atom. The Bertz CT molecular complexity index is 243. The molecule has 2 aliphatic carbocycles. The summed E-state index contributed by atoms with van der Waals surface area (Å²) in [7, 11) is 0. The summed E-state index contributed by atoms with van der Waals surface area (Å²) >= 11 is 0. The van der Waals surface area contributed by atoms with Crippen molar-refractivity contribution in [3.63, 3.8) is 0 Å². The summed E-state index contributed by atoms with van der Waals surface area (Å²) in [4.78, 5) is 11.7. The van der Waals surface area contributed by atoms with Gasteiger partial charge in [0.1, 0.15) is 0 Å². The zero-order chi connectivity index (χ0) is 12.1. The third-order valence-corrected chi connectivity index (χ3v) is 4.12. The Hall–Kier alpha value is -0.570. The Balaban J connectivity index is 1.66. The maximum Gasteiger partial charge on any atom is 0.234 e. The van der Waals surface area contributed by atoms with Crippen LogP contribution in [0.25, 0.3) is 0 Å². The van der Waals surface area contributed by atoms with Crippen LogP contribution in [0.4, 0.5) is 0 Å². The summed E-state index contributed by atoms with van der Waals surface area (Å²) in [5, 5.41) is 6.42. The molecule has 2 saturated carbocycles. The molecule has 0 aromatic rings. The molecule has 0 aliphatic heterocycles. The molecule has 2 rings (SSSR count). The normalized spacial score (nSPS) is 24.1. The topological polar surface area (TPSA) is 41.1 Å². The largest absolute Gasteiger partial charge is 0.352 e. The summed E-state index contributed by atoms with van der Waals surface area (Å²) in [6, 6.07) is 0.968. The van der Waals surface area contributed by atoms with Gasteiger partial charge in [0.05, 0.1) is 6.54 Å². The molecule has 0 saturated heterocycles. The van der Waals surface area contributed by atoms with Crippen LogP contribution in [0.3, 0.4) is 0 Å². The monoisotopic (exact) mass is 238 g/mol. The fourth-order valence-electron chi connectivity index (χ4n) is 2.76. The summed E-state index contributed by atoms with van der Waals surface area (Å²) in [6.07, 6.45) is 10.5. The zero-order valence-corrected chi connectivity index (χ0v) is 11.0. The van der Waals surface area contributed by atoms with Crippen molar-refractivity contribution in [1.82, 2.24) is 10.6 Å². The maximum absolute atomic E-state index is 11.7. The number of rotatable bonds is 5. The van der Waals surface area contributed by atoms with E-state index in [9.17, 15) is 4.79 Å². The lowest BCUT2D eigenvalue weighted by Crippen LogP contribution is -2.42. The van der Waals surface area contributed by atoms with Crippen LogP contribution in [0, 0.1) is 5.92 Å². The van der Waals surface area contributed by atoms with Gasteiger partial charge in [-0.2, -0.15) is 0 Å². The van der Waals surface area contributed by atoms with Crippen molar-refractivity contribution in [2.24, 2.45) is 5.92 Å². The highest BCUT2D eigenvalue weighted by molar-refractivity contribution is 5.78. The molecule has 0 heterocycles. The van der Waals surface area contributed by atoms with Crippen LogP contribution in [0.15, 0.2) is 0 Å². The SMILES string of the molecule is C[C@@H](NC(=O)CNC1CC1)C1CCCCCC1. The number of carbonyl (C=O) groups is 1. The second-order valence-electron chi connectivity index (χ2n) is 5.76. The maximum atomic E-state index is 11.7. The average Bonchev–Trinajstić information content (AvgIpc) is 3.13. The van der Waals surface area contributed by atoms with Gasteiger partial charge >= 0.3 is 0 Å². The molecule has 2 N–H and O–H groups in total. The van der Waals surface area contributed by atoms with Crippen LogP contribution in [0.1, 0.15) is 58.3 Å². The van der Waals surface area contributed by atoms with E-state index in [2.05, 4.69) is 17.6 Å². The van der Waals surface area contributed by atoms with E-state index < -0.39 is 0 Å². The summed E-state index contributed by atoms with van der Waals surface area (Å²) in [5.41, 5.74) is 0. The summed E-state index contributed by atoms with van der Waals surface area (Å²) in [5.74, 6) is 0.871. The molecule has 0 spiro atoms. The first kappa shape index (κ1) is 12.9. The number of carbonyl (C=O) groups excluding carboxylic acids is 1. The van der Waals surface area contributed by atoms with Crippen LogP contribution in [-0.2, 0) is 4.79 Å². The van der Waals surface area contributed by atoms with Gasteiger partial charge in [-0.3, -0.25) is 4.79 Å².